The molecule has 11 heteroatoms. The van der Waals surface area contributed by atoms with Crippen molar-refractivity contribution in [2.24, 2.45) is 0 Å². The fourth-order valence-corrected chi connectivity index (χ4v) is 3.94. The van der Waals surface area contributed by atoms with Gasteiger partial charge in [0.05, 0.1) is 37.7 Å². The third-order valence-electron chi connectivity index (χ3n) is 5.64. The first kappa shape index (κ1) is 24.4. The number of methoxy groups -OCH3 is 1. The number of halogens is 3. The van der Waals surface area contributed by atoms with Crippen LogP contribution in [0.2, 0.25) is 0 Å². The van der Waals surface area contributed by atoms with Crippen LogP contribution in [-0.4, -0.2) is 57.7 Å². The van der Waals surface area contributed by atoms with E-state index in [0.717, 1.165) is 0 Å². The third kappa shape index (κ3) is 5.21. The van der Waals surface area contributed by atoms with Crippen LogP contribution in [0.25, 0.3) is 11.3 Å². The van der Waals surface area contributed by atoms with Gasteiger partial charge >= 0.3 is 0 Å². The molecule has 0 saturated carbocycles. The zero-order valence-corrected chi connectivity index (χ0v) is 19.0. The molecule has 2 N–H and O–H groups in total. The minimum Gasteiger partial charge on any atom is -0.496 e. The molecule has 3 aromatic rings. The number of rotatable bonds is 6. The van der Waals surface area contributed by atoms with Gasteiger partial charge in [0.2, 0.25) is 0 Å². The Morgan fingerprint density at radius 3 is 2.73 bits per heavy atom. The van der Waals surface area contributed by atoms with Crippen molar-refractivity contribution < 1.29 is 13.5 Å². The highest BCUT2D eigenvalue weighted by atomic mass is 35.5. The van der Waals surface area contributed by atoms with Gasteiger partial charge in [-0.1, -0.05) is 13.0 Å². The Balaban J connectivity index is 0.00000306. The zero-order chi connectivity index (χ0) is 22.7. The predicted molar refractivity (Wildman–Crippen MR) is 122 cm³/mol. The average Bonchev–Trinajstić information content (AvgIpc) is 3.26. The molecule has 1 atom stereocenters. The Labute approximate surface area is 196 Å². The molecule has 1 aromatic carbocycles. The van der Waals surface area contributed by atoms with Gasteiger partial charge in [-0.05, 0) is 37.2 Å². The second-order valence-electron chi connectivity index (χ2n) is 7.62. The van der Waals surface area contributed by atoms with E-state index in [-0.39, 0.29) is 24.6 Å². The number of likely N-dealkylation sites (tertiary alicyclic amines) is 1. The predicted octanol–water partition coefficient (Wildman–Crippen LogP) is 4.36. The van der Waals surface area contributed by atoms with E-state index in [0.29, 0.717) is 53.7 Å². The van der Waals surface area contributed by atoms with Gasteiger partial charge in [0, 0.05) is 11.6 Å². The molecular weight excluding hydrogens is 452 g/mol. The molecule has 0 amide bonds. The van der Waals surface area contributed by atoms with Gasteiger partial charge in [0.25, 0.3) is 5.92 Å². The van der Waals surface area contributed by atoms with Crippen LogP contribution in [0.5, 0.6) is 5.75 Å². The summed E-state index contributed by atoms with van der Waals surface area (Å²) < 4.78 is 35.1. The number of ether oxygens (including phenoxy) is 1. The second kappa shape index (κ2) is 10.1. The molecular formula is C22H24ClF2N7O. The summed E-state index contributed by atoms with van der Waals surface area (Å²) >= 11 is 0. The second-order valence-corrected chi connectivity index (χ2v) is 7.62. The van der Waals surface area contributed by atoms with E-state index in [1.54, 1.807) is 29.2 Å². The summed E-state index contributed by atoms with van der Waals surface area (Å²) in [6.07, 6.45) is 3.19. The highest BCUT2D eigenvalue weighted by molar-refractivity contribution is 5.85. The lowest BCUT2D eigenvalue weighted by Gasteiger charge is -2.38. The maximum atomic E-state index is 14.8. The fourth-order valence-electron chi connectivity index (χ4n) is 3.94. The summed E-state index contributed by atoms with van der Waals surface area (Å²) in [4.78, 5) is 9.83. The molecule has 3 heterocycles. The number of aromatic amines is 1. The number of nitrogens with zero attached hydrogens (tertiary/aromatic N) is 5. The summed E-state index contributed by atoms with van der Waals surface area (Å²) in [6, 6.07) is 8.86. The summed E-state index contributed by atoms with van der Waals surface area (Å²) in [5, 5.41) is 18.9. The van der Waals surface area contributed by atoms with Crippen molar-refractivity contribution in [1.82, 2.24) is 25.1 Å². The third-order valence-corrected chi connectivity index (χ3v) is 5.64. The molecule has 8 nitrogen and oxygen atoms in total. The molecule has 1 aliphatic heterocycles. The first-order chi connectivity index (χ1) is 15.4. The number of benzene rings is 1. The van der Waals surface area contributed by atoms with Crippen molar-refractivity contribution in [3.8, 4) is 23.1 Å². The summed E-state index contributed by atoms with van der Waals surface area (Å²) in [6.45, 7) is 2.94. The smallest absolute Gasteiger partial charge is 0.267 e. The van der Waals surface area contributed by atoms with Crippen LogP contribution in [-0.2, 0) is 0 Å². The number of hydrogen-bond acceptors (Lipinski definition) is 7. The van der Waals surface area contributed by atoms with E-state index in [2.05, 4.69) is 25.5 Å². The number of anilines is 2. The Morgan fingerprint density at radius 1 is 1.27 bits per heavy atom. The molecule has 1 unspecified atom stereocenters. The molecule has 4 rings (SSSR count). The molecule has 0 radical (unpaired) electrons. The van der Waals surface area contributed by atoms with Crippen LogP contribution in [0.4, 0.5) is 20.4 Å². The lowest BCUT2D eigenvalue weighted by atomic mass is 9.85. The SMILES string of the molecule is CCN1CCC(c2ccc(-c3cc(Nc4cnc(C#N)cn4)n[nH]3)c(OC)c2)C(F)(F)C1.Cl. The largest absolute Gasteiger partial charge is 0.496 e. The van der Waals surface area contributed by atoms with Crippen LogP contribution in [0.3, 0.4) is 0 Å². The Kier molecular flexibility index (Phi) is 7.46. The van der Waals surface area contributed by atoms with Gasteiger partial charge in [-0.3, -0.25) is 10.00 Å². The van der Waals surface area contributed by atoms with Crippen molar-refractivity contribution in [2.75, 3.05) is 32.1 Å². The number of piperidine rings is 1. The molecule has 1 saturated heterocycles. The molecule has 0 aliphatic carbocycles. The summed E-state index contributed by atoms with van der Waals surface area (Å²) in [5.74, 6) is -2.23. The quantitative estimate of drug-likeness (QED) is 0.546. The van der Waals surface area contributed by atoms with Crippen LogP contribution < -0.4 is 10.1 Å². The van der Waals surface area contributed by atoms with E-state index in [4.69, 9.17) is 10.00 Å². The standard InChI is InChI=1S/C22H23F2N7O.ClH/c1-3-31-7-6-17(22(23,24)13-31)14-4-5-16(19(8-14)32-2)18-9-20(30-29-18)28-21-12-26-15(10-25)11-27-21;/h4-5,8-9,11-12,17H,3,6-7,13H2,1-2H3,(H2,27,28,29,30);1H. The molecule has 2 aromatic heterocycles. The number of aromatic nitrogens is 4. The maximum absolute atomic E-state index is 14.8. The van der Waals surface area contributed by atoms with Crippen LogP contribution in [0.15, 0.2) is 36.7 Å². The Bertz CT molecular complexity index is 1130. The van der Waals surface area contributed by atoms with E-state index < -0.39 is 11.8 Å². The van der Waals surface area contributed by atoms with Crippen molar-refractivity contribution in [2.45, 2.75) is 25.2 Å². The molecule has 174 valence electrons. The summed E-state index contributed by atoms with van der Waals surface area (Å²) in [7, 11) is 1.52. The first-order valence-corrected chi connectivity index (χ1v) is 10.3. The number of alkyl halides is 2. The zero-order valence-electron chi connectivity index (χ0n) is 18.2. The highest BCUT2D eigenvalue weighted by Crippen LogP contribution is 2.42. The van der Waals surface area contributed by atoms with E-state index in [1.807, 2.05) is 13.0 Å². The van der Waals surface area contributed by atoms with Gasteiger partial charge in [0.1, 0.15) is 17.6 Å². The summed E-state index contributed by atoms with van der Waals surface area (Å²) in [5.41, 5.74) is 2.15. The van der Waals surface area contributed by atoms with Gasteiger partial charge in [0.15, 0.2) is 11.5 Å². The minimum absolute atomic E-state index is 0. The maximum Gasteiger partial charge on any atom is 0.267 e. The number of nitrogens with one attached hydrogen (secondary N) is 2. The van der Waals surface area contributed by atoms with E-state index in [9.17, 15) is 8.78 Å². The topological polar surface area (TPSA) is 103 Å². The Hall–Kier alpha value is -3.29. The Morgan fingerprint density at radius 2 is 2.09 bits per heavy atom. The average molecular weight is 476 g/mol. The van der Waals surface area contributed by atoms with E-state index in [1.165, 1.54) is 19.5 Å². The van der Waals surface area contributed by atoms with Crippen LogP contribution in [0.1, 0.15) is 30.5 Å². The molecule has 0 spiro atoms. The molecule has 0 bridgehead atoms. The molecule has 1 fully saturated rings. The number of hydrogen-bond donors (Lipinski definition) is 2. The van der Waals surface area contributed by atoms with Gasteiger partial charge in [-0.15, -0.1) is 12.4 Å². The van der Waals surface area contributed by atoms with Crippen LogP contribution in [0, 0.1) is 11.3 Å². The van der Waals surface area contributed by atoms with Crippen molar-refractivity contribution in [3.63, 3.8) is 0 Å². The molecule has 1 aliphatic rings. The fraction of sp³-hybridized carbons (Fsp3) is 0.364. The normalized spacial score (nSPS) is 17.6. The monoisotopic (exact) mass is 475 g/mol. The van der Waals surface area contributed by atoms with Crippen molar-refractivity contribution in [3.05, 3.63) is 47.9 Å². The van der Waals surface area contributed by atoms with E-state index >= 15 is 0 Å². The lowest BCUT2D eigenvalue weighted by Crippen LogP contribution is -2.47. The number of nitriles is 1. The van der Waals surface area contributed by atoms with Gasteiger partial charge < -0.3 is 10.1 Å². The minimum atomic E-state index is -2.80. The number of H-pyrrole nitrogens is 1. The molecule has 33 heavy (non-hydrogen) atoms. The highest BCUT2D eigenvalue weighted by Gasteiger charge is 2.45. The van der Waals surface area contributed by atoms with Crippen molar-refractivity contribution in [1.29, 1.82) is 5.26 Å². The van der Waals surface area contributed by atoms with Crippen LogP contribution >= 0.6 is 12.4 Å². The van der Waals surface area contributed by atoms with Crippen molar-refractivity contribution >= 4 is 24.0 Å². The first-order valence-electron chi connectivity index (χ1n) is 10.3. The van der Waals surface area contributed by atoms with Gasteiger partial charge in [-0.2, -0.15) is 10.4 Å². The lowest BCUT2D eigenvalue weighted by molar-refractivity contribution is -0.0815. The van der Waals surface area contributed by atoms with Gasteiger partial charge in [-0.25, -0.2) is 18.7 Å².